The van der Waals surface area contributed by atoms with Gasteiger partial charge >= 0.3 is 0 Å². The average molecular weight is 298 g/mol. The zero-order chi connectivity index (χ0) is 14.8. The highest BCUT2D eigenvalue weighted by molar-refractivity contribution is 7.92. The highest BCUT2D eigenvalue weighted by atomic mass is 32.2. The van der Waals surface area contributed by atoms with Crippen LogP contribution in [0, 0.1) is 11.6 Å². The van der Waals surface area contributed by atoms with Gasteiger partial charge in [-0.2, -0.15) is 0 Å². The summed E-state index contributed by atoms with van der Waals surface area (Å²) in [6.45, 7) is -0.0684. The van der Waals surface area contributed by atoms with Crippen LogP contribution in [0.4, 0.5) is 14.5 Å². The Labute approximate surface area is 115 Å². The van der Waals surface area contributed by atoms with E-state index in [9.17, 15) is 17.2 Å². The molecule has 0 amide bonds. The van der Waals surface area contributed by atoms with Crippen LogP contribution in [0.1, 0.15) is 5.56 Å². The Hall–Kier alpha value is -1.99. The maximum absolute atomic E-state index is 13.5. The number of sulfonamides is 1. The second-order valence-corrected chi connectivity index (χ2v) is 5.70. The van der Waals surface area contributed by atoms with Crippen molar-refractivity contribution in [3.63, 3.8) is 0 Å². The van der Waals surface area contributed by atoms with Gasteiger partial charge in [0.2, 0.25) is 0 Å². The summed E-state index contributed by atoms with van der Waals surface area (Å²) >= 11 is 0. The first-order chi connectivity index (χ1) is 9.44. The monoisotopic (exact) mass is 298 g/mol. The molecule has 2 rings (SSSR count). The molecule has 0 aliphatic heterocycles. The van der Waals surface area contributed by atoms with E-state index in [-0.39, 0.29) is 17.8 Å². The minimum Gasteiger partial charge on any atom is -0.326 e. The van der Waals surface area contributed by atoms with E-state index in [4.69, 9.17) is 5.73 Å². The molecule has 0 spiro atoms. The number of nitrogens with one attached hydrogen (secondary N) is 1. The van der Waals surface area contributed by atoms with Crippen molar-refractivity contribution in [2.45, 2.75) is 11.4 Å². The number of nitrogens with two attached hydrogens (primary N) is 1. The zero-order valence-electron chi connectivity index (χ0n) is 10.3. The smallest absolute Gasteiger partial charge is 0.264 e. The molecule has 0 aliphatic carbocycles. The molecule has 0 radical (unpaired) electrons. The molecule has 3 N–H and O–H groups in total. The standard InChI is InChI=1S/C13H12F2N2O2S/c14-11-6-5-10(7-9(11)8-16)17-20(18,19)13-4-2-1-3-12(13)15/h1-7,17H,8,16H2. The molecule has 0 aromatic heterocycles. The first kappa shape index (κ1) is 14.4. The van der Waals surface area contributed by atoms with Crippen molar-refractivity contribution in [2.75, 3.05) is 4.72 Å². The molecule has 106 valence electrons. The Morgan fingerprint density at radius 1 is 1.05 bits per heavy atom. The molecule has 0 saturated carbocycles. The SMILES string of the molecule is NCc1cc(NS(=O)(=O)c2ccccc2F)ccc1F. The van der Waals surface area contributed by atoms with Crippen LogP contribution in [0.5, 0.6) is 0 Å². The van der Waals surface area contributed by atoms with Crippen LogP contribution in [0.3, 0.4) is 0 Å². The van der Waals surface area contributed by atoms with Crippen molar-refractivity contribution in [3.8, 4) is 0 Å². The molecule has 0 heterocycles. The van der Waals surface area contributed by atoms with Crippen LogP contribution < -0.4 is 10.5 Å². The number of anilines is 1. The van der Waals surface area contributed by atoms with Crippen LogP contribution >= 0.6 is 0 Å². The van der Waals surface area contributed by atoms with Gasteiger partial charge in [0.15, 0.2) is 0 Å². The molecular formula is C13H12F2N2O2S. The summed E-state index contributed by atoms with van der Waals surface area (Å²) in [6.07, 6.45) is 0. The van der Waals surface area contributed by atoms with E-state index in [1.54, 1.807) is 0 Å². The Balaban J connectivity index is 2.36. The summed E-state index contributed by atoms with van der Waals surface area (Å²) in [5.41, 5.74) is 5.63. The zero-order valence-corrected chi connectivity index (χ0v) is 11.1. The van der Waals surface area contributed by atoms with Crippen molar-refractivity contribution in [1.82, 2.24) is 0 Å². The molecule has 0 aliphatic rings. The fourth-order valence-corrected chi connectivity index (χ4v) is 2.80. The second-order valence-electron chi connectivity index (χ2n) is 4.05. The summed E-state index contributed by atoms with van der Waals surface area (Å²) in [4.78, 5) is -0.473. The van der Waals surface area contributed by atoms with Crippen LogP contribution in [0.25, 0.3) is 0 Å². The van der Waals surface area contributed by atoms with Gasteiger partial charge in [-0.3, -0.25) is 4.72 Å². The largest absolute Gasteiger partial charge is 0.326 e. The topological polar surface area (TPSA) is 72.2 Å². The summed E-state index contributed by atoms with van der Waals surface area (Å²) < 4.78 is 53.0. The molecular weight excluding hydrogens is 286 g/mol. The molecule has 4 nitrogen and oxygen atoms in total. The average Bonchev–Trinajstić information content (AvgIpc) is 2.41. The molecule has 2 aromatic carbocycles. The first-order valence-electron chi connectivity index (χ1n) is 5.70. The van der Waals surface area contributed by atoms with Gasteiger partial charge < -0.3 is 5.73 Å². The van der Waals surface area contributed by atoms with Gasteiger partial charge in [-0.25, -0.2) is 17.2 Å². The van der Waals surface area contributed by atoms with Gasteiger partial charge in [-0.05, 0) is 30.3 Å². The van der Waals surface area contributed by atoms with E-state index in [0.717, 1.165) is 18.2 Å². The number of hydrogen-bond donors (Lipinski definition) is 2. The summed E-state index contributed by atoms with van der Waals surface area (Å²) in [5.74, 6) is -1.39. The second kappa shape index (κ2) is 5.56. The first-order valence-corrected chi connectivity index (χ1v) is 7.18. The van der Waals surface area contributed by atoms with Crippen molar-refractivity contribution in [1.29, 1.82) is 0 Å². The normalized spacial score (nSPS) is 11.3. The van der Waals surface area contributed by atoms with Crippen LogP contribution in [0.15, 0.2) is 47.4 Å². The maximum atomic E-state index is 13.5. The van der Waals surface area contributed by atoms with E-state index >= 15 is 0 Å². The predicted octanol–water partition coefficient (Wildman–Crippen LogP) is 2.22. The third-order valence-corrected chi connectivity index (χ3v) is 4.06. The van der Waals surface area contributed by atoms with E-state index in [0.29, 0.717) is 0 Å². The van der Waals surface area contributed by atoms with Crippen LogP contribution in [0.2, 0.25) is 0 Å². The fraction of sp³-hybridized carbons (Fsp3) is 0.0769. The fourth-order valence-electron chi connectivity index (χ4n) is 1.67. The Kier molecular flexibility index (Phi) is 4.01. The minimum atomic E-state index is -4.07. The lowest BCUT2D eigenvalue weighted by Gasteiger charge is -2.10. The van der Waals surface area contributed by atoms with Crippen LogP contribution in [-0.4, -0.2) is 8.42 Å². The number of benzene rings is 2. The van der Waals surface area contributed by atoms with Gasteiger partial charge in [0.1, 0.15) is 16.5 Å². The molecule has 0 saturated heterocycles. The third-order valence-electron chi connectivity index (χ3n) is 2.64. The Morgan fingerprint density at radius 2 is 1.75 bits per heavy atom. The number of hydrogen-bond acceptors (Lipinski definition) is 3. The number of halogens is 2. The van der Waals surface area contributed by atoms with Crippen LogP contribution in [-0.2, 0) is 16.6 Å². The lowest BCUT2D eigenvalue weighted by Crippen LogP contribution is -2.15. The Bertz CT molecular complexity index is 733. The predicted molar refractivity (Wildman–Crippen MR) is 71.5 cm³/mol. The molecule has 0 atom stereocenters. The van der Waals surface area contributed by atoms with E-state index in [1.807, 2.05) is 0 Å². The lowest BCUT2D eigenvalue weighted by atomic mass is 10.2. The Morgan fingerprint density at radius 3 is 2.40 bits per heavy atom. The summed E-state index contributed by atoms with van der Waals surface area (Å²) in [7, 11) is -4.07. The van der Waals surface area contributed by atoms with E-state index in [2.05, 4.69) is 4.72 Å². The quantitative estimate of drug-likeness (QED) is 0.909. The van der Waals surface area contributed by atoms with Crippen molar-refractivity contribution < 1.29 is 17.2 Å². The highest BCUT2D eigenvalue weighted by Crippen LogP contribution is 2.20. The molecule has 0 unspecified atom stereocenters. The number of rotatable bonds is 4. The van der Waals surface area contributed by atoms with Gasteiger partial charge in [-0.1, -0.05) is 12.1 Å². The van der Waals surface area contributed by atoms with Gasteiger partial charge in [0.25, 0.3) is 10.0 Å². The van der Waals surface area contributed by atoms with Crippen molar-refractivity contribution in [2.24, 2.45) is 5.73 Å². The summed E-state index contributed by atoms with van der Waals surface area (Å²) in [5, 5.41) is 0. The minimum absolute atomic E-state index is 0.0684. The lowest BCUT2D eigenvalue weighted by molar-refractivity contribution is 0.570. The molecule has 0 fully saturated rings. The van der Waals surface area contributed by atoms with Gasteiger partial charge in [0, 0.05) is 17.8 Å². The maximum Gasteiger partial charge on any atom is 0.264 e. The van der Waals surface area contributed by atoms with Crippen molar-refractivity contribution >= 4 is 15.7 Å². The molecule has 20 heavy (non-hydrogen) atoms. The molecule has 0 bridgehead atoms. The van der Waals surface area contributed by atoms with E-state index < -0.39 is 26.6 Å². The molecule has 7 heteroatoms. The highest BCUT2D eigenvalue weighted by Gasteiger charge is 2.18. The van der Waals surface area contributed by atoms with Crippen molar-refractivity contribution in [3.05, 3.63) is 59.7 Å². The van der Waals surface area contributed by atoms with Gasteiger partial charge in [0.05, 0.1) is 0 Å². The van der Waals surface area contributed by atoms with Gasteiger partial charge in [-0.15, -0.1) is 0 Å². The van der Waals surface area contributed by atoms with E-state index in [1.165, 1.54) is 24.3 Å². The molecule has 2 aromatic rings. The summed E-state index contributed by atoms with van der Waals surface area (Å²) in [6, 6.07) is 8.60. The third kappa shape index (κ3) is 2.94.